The summed E-state index contributed by atoms with van der Waals surface area (Å²) in [5, 5.41) is 0. The van der Waals surface area contributed by atoms with Crippen LogP contribution in [0.3, 0.4) is 0 Å². The second-order valence-electron chi connectivity index (χ2n) is 6.44. The van der Waals surface area contributed by atoms with Gasteiger partial charge in [-0.3, -0.25) is 14.4 Å². The highest BCUT2D eigenvalue weighted by Crippen LogP contribution is 2.54. The number of carbonyl (C=O) groups is 4. The predicted molar refractivity (Wildman–Crippen MR) is 81.6 cm³/mol. The minimum atomic E-state index is -1.11. The lowest BCUT2D eigenvalue weighted by Gasteiger charge is -2.41. The fourth-order valence-electron chi connectivity index (χ4n) is 4.08. The van der Waals surface area contributed by atoms with Crippen molar-refractivity contribution in [3.05, 3.63) is 35.9 Å². The summed E-state index contributed by atoms with van der Waals surface area (Å²) in [6.07, 6.45) is 0.984. The molecule has 6 nitrogen and oxygen atoms in total. The Morgan fingerprint density at radius 2 is 1.88 bits per heavy atom. The summed E-state index contributed by atoms with van der Waals surface area (Å²) in [5.41, 5.74) is -0.264. The molecular formula is C18H18O6. The van der Waals surface area contributed by atoms with Gasteiger partial charge in [-0.05, 0) is 24.3 Å². The maximum atomic E-state index is 12.4. The molecule has 1 aliphatic heterocycles. The largest absolute Gasteiger partial charge is 0.469 e. The van der Waals surface area contributed by atoms with Gasteiger partial charge >= 0.3 is 17.9 Å². The third-order valence-electron chi connectivity index (χ3n) is 5.18. The van der Waals surface area contributed by atoms with Crippen molar-refractivity contribution < 1.29 is 28.7 Å². The topological polar surface area (TPSA) is 86.7 Å². The van der Waals surface area contributed by atoms with E-state index >= 15 is 0 Å². The minimum absolute atomic E-state index is 0.0479. The highest BCUT2D eigenvalue weighted by atomic mass is 16.6. The molecule has 1 aliphatic carbocycles. The van der Waals surface area contributed by atoms with Crippen molar-refractivity contribution >= 4 is 24.2 Å². The van der Waals surface area contributed by atoms with E-state index in [2.05, 4.69) is 0 Å². The van der Waals surface area contributed by atoms with E-state index < -0.39 is 35.2 Å². The van der Waals surface area contributed by atoms with Crippen LogP contribution >= 0.6 is 0 Å². The maximum absolute atomic E-state index is 12.4. The van der Waals surface area contributed by atoms with Gasteiger partial charge in [0.1, 0.15) is 6.29 Å². The number of esters is 3. The fourth-order valence-corrected chi connectivity index (χ4v) is 4.08. The zero-order valence-electron chi connectivity index (χ0n) is 13.3. The molecule has 1 aromatic rings. The van der Waals surface area contributed by atoms with E-state index in [1.165, 1.54) is 7.11 Å². The highest BCUT2D eigenvalue weighted by Gasteiger charge is 2.59. The molecule has 0 amide bonds. The number of rotatable bonds is 4. The standard InChI is InChI=1S/C18H18O6/c1-23-17(22)18(7-8-19)9-12(11-5-3-2-4-6-11)14-13(10-18)15(20)24-16(14)21/h2-6,8,12-14H,7,9-10H2,1H3. The molecule has 1 saturated heterocycles. The summed E-state index contributed by atoms with van der Waals surface area (Å²) < 4.78 is 9.73. The maximum Gasteiger partial charge on any atom is 0.318 e. The molecule has 2 fully saturated rings. The number of carbonyl (C=O) groups excluding carboxylic acids is 4. The van der Waals surface area contributed by atoms with Gasteiger partial charge in [0.2, 0.25) is 0 Å². The lowest BCUT2D eigenvalue weighted by Crippen LogP contribution is -2.45. The van der Waals surface area contributed by atoms with E-state index in [4.69, 9.17) is 9.47 Å². The number of benzene rings is 1. The van der Waals surface area contributed by atoms with Crippen molar-refractivity contribution in [1.82, 2.24) is 0 Å². The van der Waals surface area contributed by atoms with E-state index in [9.17, 15) is 19.2 Å². The average molecular weight is 330 g/mol. The molecule has 4 unspecified atom stereocenters. The number of cyclic esters (lactones) is 2. The van der Waals surface area contributed by atoms with Crippen molar-refractivity contribution in [1.29, 1.82) is 0 Å². The average Bonchev–Trinajstić information content (AvgIpc) is 2.88. The third kappa shape index (κ3) is 2.52. The molecule has 3 rings (SSSR count). The zero-order valence-corrected chi connectivity index (χ0v) is 13.3. The highest BCUT2D eigenvalue weighted by molar-refractivity contribution is 5.98. The van der Waals surface area contributed by atoms with Crippen molar-refractivity contribution in [3.63, 3.8) is 0 Å². The summed E-state index contributed by atoms with van der Waals surface area (Å²) >= 11 is 0. The van der Waals surface area contributed by atoms with Gasteiger partial charge in [-0.25, -0.2) is 0 Å². The Bertz CT molecular complexity index is 682. The first kappa shape index (κ1) is 16.4. The number of fused-ring (bicyclic) bond motifs is 1. The molecule has 0 radical (unpaired) electrons. The van der Waals surface area contributed by atoms with Gasteiger partial charge in [0.05, 0.1) is 24.4 Å². The lowest BCUT2D eigenvalue weighted by molar-refractivity contribution is -0.160. The van der Waals surface area contributed by atoms with Gasteiger partial charge in [-0.15, -0.1) is 0 Å². The van der Waals surface area contributed by atoms with Gasteiger partial charge < -0.3 is 14.3 Å². The van der Waals surface area contributed by atoms with E-state index in [1.807, 2.05) is 30.3 Å². The van der Waals surface area contributed by atoms with E-state index in [1.54, 1.807) is 0 Å². The molecule has 1 heterocycles. The Morgan fingerprint density at radius 3 is 2.50 bits per heavy atom. The number of hydrogen-bond acceptors (Lipinski definition) is 6. The van der Waals surface area contributed by atoms with Gasteiger partial charge in [0.25, 0.3) is 0 Å². The van der Waals surface area contributed by atoms with Crippen LogP contribution in [0.2, 0.25) is 0 Å². The van der Waals surface area contributed by atoms with Crippen LogP contribution in [-0.2, 0) is 28.7 Å². The van der Waals surface area contributed by atoms with Crippen molar-refractivity contribution in [2.45, 2.75) is 25.2 Å². The second kappa shape index (κ2) is 6.19. The smallest absolute Gasteiger partial charge is 0.318 e. The van der Waals surface area contributed by atoms with Crippen LogP contribution in [0.15, 0.2) is 30.3 Å². The summed E-state index contributed by atoms with van der Waals surface area (Å²) in [6, 6.07) is 9.22. The molecule has 0 bridgehead atoms. The molecular weight excluding hydrogens is 312 g/mol. The first-order chi connectivity index (χ1) is 11.5. The van der Waals surface area contributed by atoms with E-state index in [0.29, 0.717) is 6.29 Å². The molecule has 0 N–H and O–H groups in total. The third-order valence-corrected chi connectivity index (χ3v) is 5.18. The molecule has 0 aromatic heterocycles. The van der Waals surface area contributed by atoms with E-state index in [0.717, 1.165) is 5.56 Å². The Kier molecular flexibility index (Phi) is 4.22. The van der Waals surface area contributed by atoms with Crippen LogP contribution in [0.1, 0.15) is 30.7 Å². The second-order valence-corrected chi connectivity index (χ2v) is 6.44. The lowest BCUT2D eigenvalue weighted by atomic mass is 9.58. The Hall–Kier alpha value is -2.50. The van der Waals surface area contributed by atoms with Crippen LogP contribution < -0.4 is 0 Å². The molecule has 0 spiro atoms. The summed E-state index contributed by atoms with van der Waals surface area (Å²) in [5.74, 6) is -3.42. The zero-order chi connectivity index (χ0) is 17.3. The minimum Gasteiger partial charge on any atom is -0.469 e. The van der Waals surface area contributed by atoms with Gasteiger partial charge in [-0.2, -0.15) is 0 Å². The van der Waals surface area contributed by atoms with Crippen LogP contribution in [0.4, 0.5) is 0 Å². The predicted octanol–water partition coefficient (Wildman–Crippen LogP) is 1.63. The first-order valence-corrected chi connectivity index (χ1v) is 7.85. The first-order valence-electron chi connectivity index (χ1n) is 7.85. The van der Waals surface area contributed by atoms with Crippen LogP contribution in [0.5, 0.6) is 0 Å². The van der Waals surface area contributed by atoms with E-state index in [-0.39, 0.29) is 25.2 Å². The van der Waals surface area contributed by atoms with Crippen LogP contribution in [-0.4, -0.2) is 31.3 Å². The van der Waals surface area contributed by atoms with Crippen LogP contribution in [0.25, 0.3) is 0 Å². The molecule has 4 atom stereocenters. The molecule has 2 aliphatic rings. The van der Waals surface area contributed by atoms with Gasteiger partial charge in [0, 0.05) is 6.42 Å². The fraction of sp³-hybridized carbons (Fsp3) is 0.444. The van der Waals surface area contributed by atoms with Crippen molar-refractivity contribution in [2.75, 3.05) is 7.11 Å². The molecule has 126 valence electrons. The molecule has 6 heteroatoms. The Labute approximate surface area is 139 Å². The molecule has 1 saturated carbocycles. The summed E-state index contributed by atoms with van der Waals surface area (Å²) in [7, 11) is 1.26. The van der Waals surface area contributed by atoms with Crippen molar-refractivity contribution in [2.24, 2.45) is 17.3 Å². The number of ether oxygens (including phenoxy) is 2. The van der Waals surface area contributed by atoms with Gasteiger partial charge in [0.15, 0.2) is 0 Å². The Morgan fingerprint density at radius 1 is 1.21 bits per heavy atom. The number of methoxy groups -OCH3 is 1. The Balaban J connectivity index is 2.08. The number of aldehydes is 1. The van der Waals surface area contributed by atoms with Crippen LogP contribution in [0, 0.1) is 17.3 Å². The molecule has 24 heavy (non-hydrogen) atoms. The monoisotopic (exact) mass is 330 g/mol. The van der Waals surface area contributed by atoms with Crippen molar-refractivity contribution in [3.8, 4) is 0 Å². The number of hydrogen-bond donors (Lipinski definition) is 0. The van der Waals surface area contributed by atoms with Gasteiger partial charge in [-0.1, -0.05) is 30.3 Å². The summed E-state index contributed by atoms with van der Waals surface area (Å²) in [6.45, 7) is 0. The summed E-state index contributed by atoms with van der Waals surface area (Å²) in [4.78, 5) is 47.9. The quantitative estimate of drug-likeness (QED) is 0.474. The SMILES string of the molecule is COC(=O)C1(CC=O)CC2C(=O)OC(=O)C2C(c2ccccc2)C1. The molecule has 1 aromatic carbocycles. The normalized spacial score (nSPS) is 32.0.